The average Bonchev–Trinajstić information content (AvgIpc) is 2.95. The van der Waals surface area contributed by atoms with Crippen LogP contribution in [0.3, 0.4) is 0 Å². The van der Waals surface area contributed by atoms with Crippen molar-refractivity contribution in [1.29, 1.82) is 0 Å². The molecule has 0 saturated carbocycles. The number of aryl methyl sites for hydroxylation is 1. The number of primary amides is 1. The van der Waals surface area contributed by atoms with E-state index in [9.17, 15) is 4.79 Å². The van der Waals surface area contributed by atoms with Crippen molar-refractivity contribution in [3.05, 3.63) is 58.5 Å². The Balaban J connectivity index is 1.79. The van der Waals surface area contributed by atoms with Crippen molar-refractivity contribution >= 4 is 17.5 Å². The summed E-state index contributed by atoms with van der Waals surface area (Å²) in [7, 11) is 1.87. The summed E-state index contributed by atoms with van der Waals surface area (Å²) >= 11 is 6.06. The number of carbonyl (C=O) groups excluding carboxylic acids is 1. The number of carbonyl (C=O) groups is 1. The van der Waals surface area contributed by atoms with Crippen molar-refractivity contribution in [2.45, 2.75) is 13.5 Å². The van der Waals surface area contributed by atoms with E-state index < -0.39 is 5.91 Å². The van der Waals surface area contributed by atoms with Crippen molar-refractivity contribution in [2.75, 3.05) is 0 Å². The molecule has 0 aliphatic heterocycles. The van der Waals surface area contributed by atoms with Gasteiger partial charge in [0.1, 0.15) is 11.6 Å². The highest BCUT2D eigenvalue weighted by molar-refractivity contribution is 6.32. The number of amides is 1. The summed E-state index contributed by atoms with van der Waals surface area (Å²) < 4.78 is 7.45. The fourth-order valence-corrected chi connectivity index (χ4v) is 2.57. The van der Waals surface area contributed by atoms with Gasteiger partial charge in [-0.3, -0.25) is 4.79 Å². The molecule has 0 unspecified atom stereocenters. The molecule has 0 radical (unpaired) electrons. The Morgan fingerprint density at radius 3 is 2.76 bits per heavy atom. The van der Waals surface area contributed by atoms with E-state index in [4.69, 9.17) is 22.1 Å². The van der Waals surface area contributed by atoms with E-state index in [-0.39, 0.29) is 23.1 Å². The number of nitrogens with two attached hydrogens (primary N) is 1. The fourth-order valence-electron chi connectivity index (χ4n) is 2.34. The zero-order chi connectivity index (χ0) is 18.0. The van der Waals surface area contributed by atoms with Crippen molar-refractivity contribution in [3.63, 3.8) is 0 Å². The maximum absolute atomic E-state index is 11.1. The molecule has 128 valence electrons. The molecule has 0 aliphatic carbocycles. The molecule has 0 atom stereocenters. The topological polar surface area (TPSA) is 95.9 Å². The number of aromatic nitrogens is 4. The minimum atomic E-state index is -0.600. The van der Waals surface area contributed by atoms with Crippen LogP contribution in [-0.2, 0) is 13.7 Å². The monoisotopic (exact) mass is 357 g/mol. The second kappa shape index (κ2) is 6.90. The molecular formula is C17H16ClN5O2. The number of pyridine rings is 1. The molecule has 3 aromatic rings. The molecule has 3 rings (SSSR count). The average molecular weight is 358 g/mol. The van der Waals surface area contributed by atoms with Crippen LogP contribution in [0.15, 0.2) is 36.5 Å². The van der Waals surface area contributed by atoms with Crippen LogP contribution in [-0.4, -0.2) is 25.7 Å². The first kappa shape index (κ1) is 16.9. The Morgan fingerprint density at radius 2 is 2.08 bits per heavy atom. The van der Waals surface area contributed by atoms with Crippen LogP contribution in [0.4, 0.5) is 0 Å². The largest absolute Gasteiger partial charge is 0.468 e. The number of hydrogen-bond acceptors (Lipinski definition) is 5. The predicted molar refractivity (Wildman–Crippen MR) is 93.3 cm³/mol. The highest BCUT2D eigenvalue weighted by Crippen LogP contribution is 2.24. The van der Waals surface area contributed by atoms with Crippen molar-refractivity contribution < 1.29 is 9.53 Å². The summed E-state index contributed by atoms with van der Waals surface area (Å²) in [6.45, 7) is 2.15. The maximum Gasteiger partial charge on any atom is 0.250 e. The normalized spacial score (nSPS) is 10.7. The molecule has 0 bridgehead atoms. The van der Waals surface area contributed by atoms with Gasteiger partial charge in [0.05, 0.1) is 5.56 Å². The molecule has 0 saturated heterocycles. The Morgan fingerprint density at radius 1 is 1.32 bits per heavy atom. The lowest BCUT2D eigenvalue weighted by atomic mass is 10.1. The number of nitrogens with zero attached hydrogens (tertiary/aromatic N) is 4. The number of ether oxygens (including phenoxy) is 1. The Kier molecular flexibility index (Phi) is 4.67. The first-order valence-electron chi connectivity index (χ1n) is 7.49. The second-order valence-corrected chi connectivity index (χ2v) is 5.88. The number of halogens is 1. The Labute approximate surface area is 149 Å². The molecule has 2 heterocycles. The molecule has 7 nitrogen and oxygen atoms in total. The lowest BCUT2D eigenvalue weighted by Crippen LogP contribution is -2.12. The quantitative estimate of drug-likeness (QED) is 0.756. The molecule has 1 amide bonds. The van der Waals surface area contributed by atoms with E-state index in [0.29, 0.717) is 5.82 Å². The third-order valence-corrected chi connectivity index (χ3v) is 4.05. The van der Waals surface area contributed by atoms with Gasteiger partial charge in [0.15, 0.2) is 11.6 Å². The van der Waals surface area contributed by atoms with Gasteiger partial charge in [-0.15, -0.1) is 10.2 Å². The molecule has 0 spiro atoms. The van der Waals surface area contributed by atoms with Gasteiger partial charge in [0.25, 0.3) is 0 Å². The maximum atomic E-state index is 11.1. The van der Waals surface area contributed by atoms with Gasteiger partial charge < -0.3 is 15.0 Å². The Bertz CT molecular complexity index is 939. The van der Waals surface area contributed by atoms with Crippen LogP contribution in [0.1, 0.15) is 21.7 Å². The second-order valence-electron chi connectivity index (χ2n) is 5.48. The fraction of sp³-hybridized carbons (Fsp3) is 0.176. The van der Waals surface area contributed by atoms with Gasteiger partial charge in [-0.1, -0.05) is 35.9 Å². The summed E-state index contributed by atoms with van der Waals surface area (Å²) in [5.41, 5.74) is 7.52. The summed E-state index contributed by atoms with van der Waals surface area (Å²) in [6.07, 6.45) is 1.32. The zero-order valence-electron chi connectivity index (χ0n) is 13.7. The van der Waals surface area contributed by atoms with Gasteiger partial charge in [-0.25, -0.2) is 4.98 Å². The molecule has 2 N–H and O–H groups in total. The van der Waals surface area contributed by atoms with Crippen molar-refractivity contribution in [2.24, 2.45) is 12.8 Å². The predicted octanol–water partition coefficient (Wildman–Crippen LogP) is 2.52. The standard InChI is InChI=1S/C17H16ClN5O2/c1-10-5-3-4-6-12(10)16-22-21-14(23(16)2)9-25-17-13(18)7-11(8-20-17)15(19)24/h3-8H,9H2,1-2H3,(H2,19,24). The number of benzene rings is 1. The molecular weight excluding hydrogens is 342 g/mol. The van der Waals surface area contributed by atoms with E-state index in [2.05, 4.69) is 15.2 Å². The van der Waals surface area contributed by atoms with E-state index >= 15 is 0 Å². The minimum Gasteiger partial charge on any atom is -0.468 e. The molecule has 1 aromatic carbocycles. The highest BCUT2D eigenvalue weighted by Gasteiger charge is 2.14. The summed E-state index contributed by atoms with van der Waals surface area (Å²) in [5.74, 6) is 0.971. The smallest absolute Gasteiger partial charge is 0.250 e. The molecule has 0 fully saturated rings. The molecule has 2 aromatic heterocycles. The summed E-state index contributed by atoms with van der Waals surface area (Å²) in [5, 5.41) is 8.61. The van der Waals surface area contributed by atoms with Gasteiger partial charge in [0, 0.05) is 18.8 Å². The number of rotatable bonds is 5. The number of hydrogen-bond donors (Lipinski definition) is 1. The lowest BCUT2D eigenvalue weighted by molar-refractivity contribution is 0.1000. The lowest BCUT2D eigenvalue weighted by Gasteiger charge is -2.08. The van der Waals surface area contributed by atoms with Crippen molar-refractivity contribution in [1.82, 2.24) is 19.7 Å². The highest BCUT2D eigenvalue weighted by atomic mass is 35.5. The first-order valence-corrected chi connectivity index (χ1v) is 7.87. The molecule has 8 heteroatoms. The summed E-state index contributed by atoms with van der Waals surface area (Å²) in [6, 6.07) is 9.36. The molecule has 25 heavy (non-hydrogen) atoms. The van der Waals surface area contributed by atoms with Crippen LogP contribution in [0.5, 0.6) is 5.88 Å². The van der Waals surface area contributed by atoms with Crippen LogP contribution >= 0.6 is 11.6 Å². The SMILES string of the molecule is Cc1ccccc1-c1nnc(COc2ncc(C(N)=O)cc2Cl)n1C. The van der Waals surface area contributed by atoms with Crippen molar-refractivity contribution in [3.8, 4) is 17.3 Å². The molecule has 0 aliphatic rings. The van der Waals surface area contributed by atoms with Crippen LogP contribution < -0.4 is 10.5 Å². The van der Waals surface area contributed by atoms with Gasteiger partial charge in [-0.2, -0.15) is 0 Å². The van der Waals surface area contributed by atoms with E-state index in [1.54, 1.807) is 0 Å². The van der Waals surface area contributed by atoms with Gasteiger partial charge in [0.2, 0.25) is 11.8 Å². The minimum absolute atomic E-state index is 0.137. The van der Waals surface area contributed by atoms with Gasteiger partial charge in [-0.05, 0) is 18.6 Å². The summed E-state index contributed by atoms with van der Waals surface area (Å²) in [4.78, 5) is 15.1. The first-order chi connectivity index (χ1) is 12.0. The van der Waals surface area contributed by atoms with Crippen LogP contribution in [0.2, 0.25) is 5.02 Å². The zero-order valence-corrected chi connectivity index (χ0v) is 14.5. The van der Waals surface area contributed by atoms with Crippen LogP contribution in [0, 0.1) is 6.92 Å². The van der Waals surface area contributed by atoms with Gasteiger partial charge >= 0.3 is 0 Å². The van der Waals surface area contributed by atoms with E-state index in [0.717, 1.165) is 17.0 Å². The third-order valence-electron chi connectivity index (χ3n) is 3.78. The van der Waals surface area contributed by atoms with E-state index in [1.807, 2.05) is 42.8 Å². The third kappa shape index (κ3) is 3.46. The van der Waals surface area contributed by atoms with E-state index in [1.165, 1.54) is 12.3 Å². The van der Waals surface area contributed by atoms with Crippen LogP contribution in [0.25, 0.3) is 11.4 Å². The Hall–Kier alpha value is -2.93.